The van der Waals surface area contributed by atoms with E-state index < -0.39 is 16.3 Å². The van der Waals surface area contributed by atoms with Gasteiger partial charge in [0, 0.05) is 41.8 Å². The summed E-state index contributed by atoms with van der Waals surface area (Å²) in [7, 11) is -0.855. The average Bonchev–Trinajstić information content (AvgIpc) is 2.45. The van der Waals surface area contributed by atoms with Crippen molar-refractivity contribution in [3.63, 3.8) is 0 Å². The van der Waals surface area contributed by atoms with Crippen LogP contribution >= 0.6 is 0 Å². The molecule has 1 N–H and O–H groups in total. The molecule has 0 spiro atoms. The Bertz CT molecular complexity index is 386. The van der Waals surface area contributed by atoms with E-state index >= 15 is 0 Å². The van der Waals surface area contributed by atoms with Gasteiger partial charge in [-0.05, 0) is 26.7 Å². The Kier molecular flexibility index (Phi) is 5.52. The second kappa shape index (κ2) is 6.50. The van der Waals surface area contributed by atoms with Crippen LogP contribution in [0.4, 0.5) is 0 Å². The zero-order valence-corrected chi connectivity index (χ0v) is 13.0. The fourth-order valence-electron chi connectivity index (χ4n) is 2.22. The van der Waals surface area contributed by atoms with Gasteiger partial charge in [0.2, 0.25) is 11.8 Å². The molecule has 0 radical (unpaired) electrons. The van der Waals surface area contributed by atoms with Gasteiger partial charge in [0.05, 0.1) is 0 Å². The van der Waals surface area contributed by atoms with Crippen LogP contribution in [0.5, 0.6) is 0 Å². The molecule has 6 heteroatoms. The zero-order valence-electron chi connectivity index (χ0n) is 12.2. The summed E-state index contributed by atoms with van der Waals surface area (Å²) in [6.07, 6.45) is 3.27. The van der Waals surface area contributed by atoms with E-state index in [-0.39, 0.29) is 17.9 Å². The number of carbonyl (C=O) groups is 2. The smallest absolute Gasteiger partial charge is 0.248 e. The van der Waals surface area contributed by atoms with Crippen LogP contribution in [-0.4, -0.2) is 51.1 Å². The van der Waals surface area contributed by atoms with E-state index in [0.29, 0.717) is 31.6 Å². The van der Waals surface area contributed by atoms with Gasteiger partial charge in [-0.1, -0.05) is 6.92 Å². The summed E-state index contributed by atoms with van der Waals surface area (Å²) in [5.41, 5.74) is -0.812. The lowest BCUT2D eigenvalue weighted by Gasteiger charge is -2.34. The van der Waals surface area contributed by atoms with Crippen LogP contribution in [0, 0.1) is 0 Å². The number of hydrogen-bond acceptors (Lipinski definition) is 3. The van der Waals surface area contributed by atoms with Crippen LogP contribution in [0.25, 0.3) is 0 Å². The molecule has 0 aliphatic carbocycles. The molecule has 5 nitrogen and oxygen atoms in total. The van der Waals surface area contributed by atoms with Crippen LogP contribution in [0.1, 0.15) is 40.0 Å². The first-order chi connectivity index (χ1) is 8.80. The maximum Gasteiger partial charge on any atom is 0.248 e. The van der Waals surface area contributed by atoms with Crippen molar-refractivity contribution >= 4 is 22.6 Å². The number of amides is 2. The van der Waals surface area contributed by atoms with Crippen LogP contribution in [-0.2, 0) is 20.4 Å². The summed E-state index contributed by atoms with van der Waals surface area (Å²) in [5.74, 6) is 0.469. The van der Waals surface area contributed by atoms with Crippen molar-refractivity contribution in [1.82, 2.24) is 10.2 Å². The topological polar surface area (TPSA) is 66.5 Å². The molecule has 1 fully saturated rings. The number of hydrogen-bond donors (Lipinski definition) is 1. The second-order valence-electron chi connectivity index (χ2n) is 5.40. The Labute approximate surface area is 117 Å². The van der Waals surface area contributed by atoms with Crippen molar-refractivity contribution in [2.45, 2.75) is 51.6 Å². The van der Waals surface area contributed by atoms with Crippen molar-refractivity contribution in [2.75, 3.05) is 18.6 Å². The molecule has 1 rings (SSSR count). The monoisotopic (exact) mass is 288 g/mol. The highest BCUT2D eigenvalue weighted by atomic mass is 32.2. The Morgan fingerprint density at radius 2 is 2.11 bits per heavy atom. The molecule has 1 aliphatic heterocycles. The maximum atomic E-state index is 12.6. The van der Waals surface area contributed by atoms with Gasteiger partial charge in [-0.25, -0.2) is 0 Å². The quantitative estimate of drug-likeness (QED) is 0.808. The largest absolute Gasteiger partial charge is 0.342 e. The Hall–Kier alpha value is -0.910. The molecule has 3 atom stereocenters. The summed E-state index contributed by atoms with van der Waals surface area (Å²) in [4.78, 5) is 26.0. The Morgan fingerprint density at radius 1 is 1.47 bits per heavy atom. The summed E-state index contributed by atoms with van der Waals surface area (Å²) >= 11 is 0. The standard InChI is InChI=1S/C13H24N2O3S/c1-5-13(3)12(17)15(8-6-11(16)14-13)10(2)7-9-19(4)18/h10H,5-9H2,1-4H3,(H,14,16). The van der Waals surface area contributed by atoms with Gasteiger partial charge in [0.15, 0.2) is 0 Å². The third-order valence-electron chi connectivity index (χ3n) is 3.79. The number of carbonyl (C=O) groups excluding carboxylic acids is 2. The molecule has 1 saturated heterocycles. The third kappa shape index (κ3) is 4.03. The van der Waals surface area contributed by atoms with Gasteiger partial charge in [0.25, 0.3) is 0 Å². The third-order valence-corrected chi connectivity index (χ3v) is 4.60. The van der Waals surface area contributed by atoms with Gasteiger partial charge >= 0.3 is 0 Å². The molecule has 1 aliphatic rings. The average molecular weight is 288 g/mol. The van der Waals surface area contributed by atoms with Crippen LogP contribution in [0.2, 0.25) is 0 Å². The highest BCUT2D eigenvalue weighted by molar-refractivity contribution is 7.84. The fraction of sp³-hybridized carbons (Fsp3) is 0.846. The fourth-order valence-corrected chi connectivity index (χ4v) is 2.89. The highest BCUT2D eigenvalue weighted by Crippen LogP contribution is 2.20. The normalized spacial score (nSPS) is 27.7. The SMILES string of the molecule is CCC1(C)NC(=O)CCN(C(C)CCS(C)=O)C1=O. The zero-order chi connectivity index (χ0) is 14.6. The molecule has 3 unspecified atom stereocenters. The molecule has 0 saturated carbocycles. The molecule has 0 aromatic heterocycles. The highest BCUT2D eigenvalue weighted by Gasteiger charge is 2.40. The van der Waals surface area contributed by atoms with E-state index in [1.807, 2.05) is 13.8 Å². The lowest BCUT2D eigenvalue weighted by molar-refractivity contribution is -0.140. The van der Waals surface area contributed by atoms with E-state index in [2.05, 4.69) is 5.32 Å². The predicted molar refractivity (Wildman–Crippen MR) is 76.2 cm³/mol. The van der Waals surface area contributed by atoms with E-state index in [1.165, 1.54) is 0 Å². The number of nitrogens with one attached hydrogen (secondary N) is 1. The van der Waals surface area contributed by atoms with Gasteiger partial charge in [-0.3, -0.25) is 13.8 Å². The van der Waals surface area contributed by atoms with Gasteiger partial charge in [-0.2, -0.15) is 0 Å². The van der Waals surface area contributed by atoms with Crippen LogP contribution in [0.15, 0.2) is 0 Å². The summed E-state index contributed by atoms with van der Waals surface area (Å²) in [5, 5.41) is 2.81. The minimum atomic E-state index is -0.855. The minimum absolute atomic E-state index is 0.00924. The second-order valence-corrected chi connectivity index (χ2v) is 6.95. The van der Waals surface area contributed by atoms with Crippen LogP contribution < -0.4 is 5.32 Å². The molecule has 0 bridgehead atoms. The summed E-state index contributed by atoms with van der Waals surface area (Å²) in [6, 6.07) is 0.00924. The van der Waals surface area contributed by atoms with Crippen molar-refractivity contribution < 1.29 is 13.8 Å². The summed E-state index contributed by atoms with van der Waals surface area (Å²) < 4.78 is 11.2. The number of nitrogens with zero attached hydrogens (tertiary/aromatic N) is 1. The Morgan fingerprint density at radius 3 is 2.63 bits per heavy atom. The van der Waals surface area contributed by atoms with E-state index in [1.54, 1.807) is 18.1 Å². The Balaban J connectivity index is 2.84. The van der Waals surface area contributed by atoms with Crippen molar-refractivity contribution in [1.29, 1.82) is 0 Å². The van der Waals surface area contributed by atoms with Crippen molar-refractivity contribution in [3.8, 4) is 0 Å². The molecular formula is C13H24N2O3S. The molecule has 1 heterocycles. The molecule has 0 aromatic rings. The van der Waals surface area contributed by atoms with Crippen molar-refractivity contribution in [3.05, 3.63) is 0 Å². The first kappa shape index (κ1) is 16.1. The molecular weight excluding hydrogens is 264 g/mol. The lowest BCUT2D eigenvalue weighted by Crippen LogP contribution is -2.56. The van der Waals surface area contributed by atoms with Gasteiger partial charge in [0.1, 0.15) is 5.54 Å². The van der Waals surface area contributed by atoms with Gasteiger partial charge in [-0.15, -0.1) is 0 Å². The van der Waals surface area contributed by atoms with E-state index in [0.717, 1.165) is 0 Å². The molecule has 110 valence electrons. The van der Waals surface area contributed by atoms with Gasteiger partial charge < -0.3 is 10.2 Å². The maximum absolute atomic E-state index is 12.6. The molecule has 19 heavy (non-hydrogen) atoms. The van der Waals surface area contributed by atoms with Crippen molar-refractivity contribution in [2.24, 2.45) is 0 Å². The minimum Gasteiger partial charge on any atom is -0.342 e. The lowest BCUT2D eigenvalue weighted by atomic mass is 9.96. The predicted octanol–water partition coefficient (Wildman–Crippen LogP) is 0.661. The van der Waals surface area contributed by atoms with Crippen LogP contribution in [0.3, 0.4) is 0 Å². The first-order valence-electron chi connectivity index (χ1n) is 6.72. The van der Waals surface area contributed by atoms with E-state index in [9.17, 15) is 13.8 Å². The first-order valence-corrected chi connectivity index (χ1v) is 8.45. The summed E-state index contributed by atoms with van der Waals surface area (Å²) in [6.45, 7) is 6.07. The van der Waals surface area contributed by atoms with E-state index in [4.69, 9.17) is 0 Å². The number of rotatable bonds is 5. The molecule has 0 aromatic carbocycles. The molecule has 2 amide bonds.